The van der Waals surface area contributed by atoms with E-state index >= 15 is 0 Å². The minimum absolute atomic E-state index is 0.144. The number of thiazole rings is 1. The van der Waals surface area contributed by atoms with Crippen molar-refractivity contribution >= 4 is 17.6 Å². The van der Waals surface area contributed by atoms with E-state index in [1.165, 1.54) is 11.3 Å². The van der Waals surface area contributed by atoms with E-state index in [0.717, 1.165) is 21.8 Å². The van der Waals surface area contributed by atoms with Crippen molar-refractivity contribution < 1.29 is 18.6 Å². The monoisotopic (exact) mass is 401 g/mol. The standard InChI is InChI=1S/C20H23N3O4S/c1-13(2)22-20-23(15(12-28-20)16-7-6-8-27-16)21-11-14-9-17(24-3)19(26-5)18(10-14)25-4/h6-13H,1-5H3. The Hall–Kier alpha value is -3.00. The number of aromatic nitrogens is 1. The van der Waals surface area contributed by atoms with Crippen molar-refractivity contribution in [3.8, 4) is 28.7 Å². The average molecular weight is 401 g/mol. The molecule has 0 aliphatic carbocycles. The molecule has 0 radical (unpaired) electrons. The Morgan fingerprint density at radius 1 is 1.11 bits per heavy atom. The minimum Gasteiger partial charge on any atom is -0.493 e. The van der Waals surface area contributed by atoms with Crippen LogP contribution in [0.15, 0.2) is 50.4 Å². The van der Waals surface area contributed by atoms with Gasteiger partial charge in [-0.15, -0.1) is 11.3 Å². The average Bonchev–Trinajstić information content (AvgIpc) is 3.34. The molecule has 0 fully saturated rings. The number of methoxy groups -OCH3 is 3. The van der Waals surface area contributed by atoms with Crippen LogP contribution in [0.4, 0.5) is 0 Å². The number of rotatable bonds is 7. The smallest absolute Gasteiger partial charge is 0.206 e. The van der Waals surface area contributed by atoms with Crippen LogP contribution in [0.25, 0.3) is 11.5 Å². The van der Waals surface area contributed by atoms with E-state index in [1.54, 1.807) is 38.5 Å². The van der Waals surface area contributed by atoms with Gasteiger partial charge in [0.2, 0.25) is 10.6 Å². The quantitative estimate of drug-likeness (QED) is 0.561. The summed E-state index contributed by atoms with van der Waals surface area (Å²) in [7, 11) is 4.74. The number of hydrogen-bond acceptors (Lipinski definition) is 7. The van der Waals surface area contributed by atoms with E-state index in [4.69, 9.17) is 18.6 Å². The number of nitrogens with zero attached hydrogens (tertiary/aromatic N) is 3. The Balaban J connectivity index is 2.08. The van der Waals surface area contributed by atoms with E-state index in [9.17, 15) is 0 Å². The molecule has 28 heavy (non-hydrogen) atoms. The predicted molar refractivity (Wildman–Crippen MR) is 110 cm³/mol. The molecule has 8 heteroatoms. The summed E-state index contributed by atoms with van der Waals surface area (Å²) in [6, 6.07) is 7.56. The Kier molecular flexibility index (Phi) is 6.20. The summed E-state index contributed by atoms with van der Waals surface area (Å²) in [4.78, 5) is 5.44. The molecule has 2 heterocycles. The van der Waals surface area contributed by atoms with Crippen LogP contribution in [0.2, 0.25) is 0 Å². The van der Waals surface area contributed by atoms with Crippen molar-refractivity contribution in [1.29, 1.82) is 0 Å². The molecule has 0 bridgehead atoms. The highest BCUT2D eigenvalue weighted by atomic mass is 32.1. The normalized spacial score (nSPS) is 12.1. The molecule has 7 nitrogen and oxygen atoms in total. The summed E-state index contributed by atoms with van der Waals surface area (Å²) in [6.45, 7) is 4.05. The van der Waals surface area contributed by atoms with Gasteiger partial charge in [-0.25, -0.2) is 4.68 Å². The molecule has 0 N–H and O–H groups in total. The van der Waals surface area contributed by atoms with Gasteiger partial charge >= 0.3 is 0 Å². The first-order chi connectivity index (χ1) is 13.6. The molecule has 0 unspecified atom stereocenters. The van der Waals surface area contributed by atoms with Gasteiger partial charge in [-0.1, -0.05) is 0 Å². The van der Waals surface area contributed by atoms with E-state index in [-0.39, 0.29) is 6.04 Å². The molecule has 0 atom stereocenters. The van der Waals surface area contributed by atoms with E-state index < -0.39 is 0 Å². The molecule has 2 aromatic heterocycles. The minimum atomic E-state index is 0.144. The SMILES string of the molecule is COc1cc(C=Nn2c(-c3ccco3)csc2=NC(C)C)cc(OC)c1OC. The highest BCUT2D eigenvalue weighted by Gasteiger charge is 2.13. The van der Waals surface area contributed by atoms with Crippen molar-refractivity contribution in [2.75, 3.05) is 21.3 Å². The number of hydrogen-bond donors (Lipinski definition) is 0. The molecule has 0 aliphatic heterocycles. The Labute approximate surface area is 167 Å². The molecule has 0 spiro atoms. The zero-order chi connectivity index (χ0) is 20.1. The van der Waals surface area contributed by atoms with Crippen molar-refractivity contribution in [3.63, 3.8) is 0 Å². The Morgan fingerprint density at radius 2 is 1.82 bits per heavy atom. The fourth-order valence-electron chi connectivity index (χ4n) is 2.62. The van der Waals surface area contributed by atoms with Gasteiger partial charge in [0.1, 0.15) is 5.69 Å². The van der Waals surface area contributed by atoms with Gasteiger partial charge in [-0.2, -0.15) is 5.10 Å². The molecular weight excluding hydrogens is 378 g/mol. The number of furan rings is 1. The first-order valence-corrected chi connectivity index (χ1v) is 9.58. The molecule has 0 saturated heterocycles. The summed E-state index contributed by atoms with van der Waals surface area (Å²) in [5, 5.41) is 6.63. The van der Waals surface area contributed by atoms with Crippen molar-refractivity contribution in [1.82, 2.24) is 4.68 Å². The molecule has 3 aromatic rings. The van der Waals surface area contributed by atoms with Gasteiger partial charge in [0.05, 0.1) is 33.8 Å². The molecule has 148 valence electrons. The molecule has 1 aromatic carbocycles. The fourth-order valence-corrected chi connectivity index (χ4v) is 3.57. The van der Waals surface area contributed by atoms with Gasteiger partial charge in [-0.3, -0.25) is 4.99 Å². The molecule has 0 aliphatic rings. The lowest BCUT2D eigenvalue weighted by atomic mass is 10.2. The topological polar surface area (TPSA) is 70.5 Å². The van der Waals surface area contributed by atoms with E-state index in [1.807, 2.05) is 43.5 Å². The first-order valence-electron chi connectivity index (χ1n) is 8.70. The van der Waals surface area contributed by atoms with Crippen molar-refractivity contribution in [2.45, 2.75) is 19.9 Å². The first kappa shape index (κ1) is 19.8. The molecule has 3 rings (SSSR count). The van der Waals surface area contributed by atoms with Crippen molar-refractivity contribution in [3.05, 3.63) is 46.3 Å². The number of benzene rings is 1. The maximum Gasteiger partial charge on any atom is 0.206 e. The second kappa shape index (κ2) is 8.79. The van der Waals surface area contributed by atoms with Crippen molar-refractivity contribution in [2.24, 2.45) is 10.1 Å². The summed E-state index contributed by atoms with van der Waals surface area (Å²) in [5.41, 5.74) is 1.63. The van der Waals surface area contributed by atoms with Crippen LogP contribution in [0.1, 0.15) is 19.4 Å². The van der Waals surface area contributed by atoms with E-state index in [0.29, 0.717) is 17.2 Å². The lowest BCUT2D eigenvalue weighted by molar-refractivity contribution is 0.324. The van der Waals surface area contributed by atoms with Gasteiger partial charge in [0.15, 0.2) is 17.3 Å². The van der Waals surface area contributed by atoms with Crippen LogP contribution in [0, 0.1) is 0 Å². The third kappa shape index (κ3) is 4.12. The van der Waals surface area contributed by atoms with Gasteiger partial charge in [-0.05, 0) is 38.1 Å². The number of ether oxygens (including phenoxy) is 3. The van der Waals surface area contributed by atoms with Crippen LogP contribution in [0.3, 0.4) is 0 Å². The van der Waals surface area contributed by atoms with Gasteiger partial charge in [0, 0.05) is 17.0 Å². The van der Waals surface area contributed by atoms with Crippen LogP contribution in [-0.4, -0.2) is 38.3 Å². The van der Waals surface area contributed by atoms with Crippen LogP contribution < -0.4 is 19.0 Å². The second-order valence-corrected chi connectivity index (χ2v) is 6.96. The lowest BCUT2D eigenvalue weighted by Gasteiger charge is -2.12. The second-order valence-electron chi connectivity index (χ2n) is 6.12. The molecule has 0 saturated carbocycles. The summed E-state index contributed by atoms with van der Waals surface area (Å²) < 4.78 is 23.5. The van der Waals surface area contributed by atoms with Gasteiger partial charge in [0.25, 0.3) is 0 Å². The zero-order valence-electron chi connectivity index (χ0n) is 16.5. The third-order valence-electron chi connectivity index (χ3n) is 3.84. The third-order valence-corrected chi connectivity index (χ3v) is 4.67. The summed E-state index contributed by atoms with van der Waals surface area (Å²) in [5.74, 6) is 2.40. The highest BCUT2D eigenvalue weighted by molar-refractivity contribution is 7.07. The molecule has 0 amide bonds. The summed E-state index contributed by atoms with van der Waals surface area (Å²) in [6.07, 6.45) is 3.36. The maximum atomic E-state index is 5.55. The Morgan fingerprint density at radius 3 is 2.36 bits per heavy atom. The summed E-state index contributed by atoms with van der Waals surface area (Å²) >= 11 is 1.51. The van der Waals surface area contributed by atoms with E-state index in [2.05, 4.69) is 10.1 Å². The van der Waals surface area contributed by atoms with Crippen LogP contribution in [0.5, 0.6) is 17.2 Å². The largest absolute Gasteiger partial charge is 0.493 e. The molecular formula is C20H23N3O4S. The fraction of sp³-hybridized carbons (Fsp3) is 0.300. The Bertz CT molecular complexity index is 991. The lowest BCUT2D eigenvalue weighted by Crippen LogP contribution is -2.14. The highest BCUT2D eigenvalue weighted by Crippen LogP contribution is 2.37. The zero-order valence-corrected chi connectivity index (χ0v) is 17.3. The van der Waals surface area contributed by atoms with Crippen LogP contribution in [-0.2, 0) is 0 Å². The van der Waals surface area contributed by atoms with Gasteiger partial charge < -0.3 is 18.6 Å². The predicted octanol–water partition coefficient (Wildman–Crippen LogP) is 4.03. The van der Waals surface area contributed by atoms with Crippen LogP contribution >= 0.6 is 11.3 Å². The maximum absolute atomic E-state index is 5.55.